The molecular weight excluding hydrogens is 142 g/mol. The zero-order chi connectivity index (χ0) is 8.69. The normalized spacial score (nSPS) is 9.73. The molecule has 0 spiro atoms. The van der Waals surface area contributed by atoms with Crippen molar-refractivity contribution in [2.45, 2.75) is 6.29 Å². The molecule has 3 heteroatoms. The average Bonchev–Trinajstić information content (AvgIpc) is 2.06. The zero-order valence-electron chi connectivity index (χ0n) is 7.09. The predicted molar refractivity (Wildman–Crippen MR) is 45.1 cm³/mol. The first-order valence-corrected chi connectivity index (χ1v) is 3.35. The van der Waals surface area contributed by atoms with Crippen LogP contribution in [0.2, 0.25) is 0 Å². The molecule has 1 N–H and O–H groups in total. The maximum absolute atomic E-state index is 4.93. The Labute approximate surface area is 67.7 Å². The first-order chi connectivity index (χ1) is 5.24. The Morgan fingerprint density at radius 1 is 1.55 bits per heavy atom. The summed E-state index contributed by atoms with van der Waals surface area (Å²) in [4.78, 5) is 0. The van der Waals surface area contributed by atoms with E-state index in [1.54, 1.807) is 20.3 Å². The molecule has 0 amide bonds. The van der Waals surface area contributed by atoms with Gasteiger partial charge in [0.05, 0.1) is 6.54 Å². The van der Waals surface area contributed by atoms with Crippen molar-refractivity contribution in [2.75, 3.05) is 20.8 Å². The molecule has 0 fully saturated rings. The van der Waals surface area contributed by atoms with Crippen molar-refractivity contribution in [3.63, 3.8) is 0 Å². The summed E-state index contributed by atoms with van der Waals surface area (Å²) in [6.07, 6.45) is 1.41. The van der Waals surface area contributed by atoms with Gasteiger partial charge in [0.1, 0.15) is 0 Å². The summed E-state index contributed by atoms with van der Waals surface area (Å²) in [5.41, 5.74) is 0.768. The van der Waals surface area contributed by atoms with Crippen molar-refractivity contribution in [1.82, 2.24) is 5.32 Å². The first-order valence-electron chi connectivity index (χ1n) is 3.35. The fourth-order valence-corrected chi connectivity index (χ4v) is 0.549. The highest BCUT2D eigenvalue weighted by molar-refractivity contribution is 5.07. The summed E-state index contributed by atoms with van der Waals surface area (Å²) in [7, 11) is 3.18. The summed E-state index contributed by atoms with van der Waals surface area (Å²) < 4.78 is 9.87. The molecule has 0 aromatic carbocycles. The Morgan fingerprint density at radius 3 is 2.45 bits per heavy atom. The maximum Gasteiger partial charge on any atom is 0.173 e. The molecule has 3 nitrogen and oxygen atoms in total. The summed E-state index contributed by atoms with van der Waals surface area (Å²) in [6.45, 7) is 7.80. The topological polar surface area (TPSA) is 30.5 Å². The standard InChI is InChI=1S/C8H15NO2/c1-5-7(2)9-6-8(10-3)11-4/h5,8-9H,1-2,6H2,3-4H3. The maximum atomic E-state index is 4.93. The highest BCUT2D eigenvalue weighted by Gasteiger charge is 2.02. The number of rotatable bonds is 6. The summed E-state index contributed by atoms with van der Waals surface area (Å²) in [6, 6.07) is 0. The number of ether oxygens (including phenoxy) is 2. The fraction of sp³-hybridized carbons (Fsp3) is 0.500. The summed E-state index contributed by atoms with van der Waals surface area (Å²) in [5.74, 6) is 0. The summed E-state index contributed by atoms with van der Waals surface area (Å²) >= 11 is 0. The molecule has 0 rings (SSSR count). The van der Waals surface area contributed by atoms with Crippen molar-refractivity contribution in [2.24, 2.45) is 0 Å². The molecule has 11 heavy (non-hydrogen) atoms. The lowest BCUT2D eigenvalue weighted by Crippen LogP contribution is -2.28. The largest absolute Gasteiger partial charge is 0.380 e. The van der Waals surface area contributed by atoms with E-state index in [0.717, 1.165) is 5.70 Å². The van der Waals surface area contributed by atoms with Crippen LogP contribution in [0.15, 0.2) is 24.9 Å². The van der Waals surface area contributed by atoms with Gasteiger partial charge in [0.2, 0.25) is 0 Å². The third-order valence-electron chi connectivity index (χ3n) is 1.27. The minimum Gasteiger partial charge on any atom is -0.380 e. The Balaban J connectivity index is 3.49. The number of hydrogen-bond acceptors (Lipinski definition) is 3. The number of nitrogens with one attached hydrogen (secondary N) is 1. The third-order valence-corrected chi connectivity index (χ3v) is 1.27. The second-order valence-corrected chi connectivity index (χ2v) is 2.01. The van der Waals surface area contributed by atoms with Crippen LogP contribution in [0.4, 0.5) is 0 Å². The van der Waals surface area contributed by atoms with Gasteiger partial charge in [0.25, 0.3) is 0 Å². The van der Waals surface area contributed by atoms with Crippen molar-refractivity contribution in [1.29, 1.82) is 0 Å². The van der Waals surface area contributed by atoms with E-state index >= 15 is 0 Å². The van der Waals surface area contributed by atoms with E-state index in [0.29, 0.717) is 6.54 Å². The van der Waals surface area contributed by atoms with Gasteiger partial charge in [-0.1, -0.05) is 13.2 Å². The highest BCUT2D eigenvalue weighted by atomic mass is 16.7. The molecule has 0 aliphatic carbocycles. The van der Waals surface area contributed by atoms with Gasteiger partial charge in [-0.2, -0.15) is 0 Å². The van der Waals surface area contributed by atoms with Crippen molar-refractivity contribution < 1.29 is 9.47 Å². The van der Waals surface area contributed by atoms with Crippen molar-refractivity contribution in [3.05, 3.63) is 24.9 Å². The van der Waals surface area contributed by atoms with Gasteiger partial charge >= 0.3 is 0 Å². The lowest BCUT2D eigenvalue weighted by Gasteiger charge is -2.14. The van der Waals surface area contributed by atoms with Crippen LogP contribution in [-0.2, 0) is 9.47 Å². The molecule has 0 aromatic heterocycles. The average molecular weight is 157 g/mol. The molecular formula is C8H15NO2. The molecule has 0 unspecified atom stereocenters. The van der Waals surface area contributed by atoms with E-state index in [9.17, 15) is 0 Å². The second-order valence-electron chi connectivity index (χ2n) is 2.01. The van der Waals surface area contributed by atoms with Crippen LogP contribution in [0, 0.1) is 0 Å². The Bertz CT molecular complexity index is 130. The van der Waals surface area contributed by atoms with Gasteiger partial charge in [-0.25, -0.2) is 0 Å². The fourth-order valence-electron chi connectivity index (χ4n) is 0.549. The molecule has 0 atom stereocenters. The van der Waals surface area contributed by atoms with E-state index in [-0.39, 0.29) is 6.29 Å². The molecule has 0 saturated carbocycles. The van der Waals surface area contributed by atoms with Crippen LogP contribution in [0.25, 0.3) is 0 Å². The van der Waals surface area contributed by atoms with Crippen molar-refractivity contribution in [3.8, 4) is 0 Å². The molecule has 0 aromatic rings. The molecule has 0 radical (unpaired) electrons. The van der Waals surface area contributed by atoms with Crippen LogP contribution in [-0.4, -0.2) is 27.1 Å². The Hall–Kier alpha value is -0.800. The van der Waals surface area contributed by atoms with E-state index in [4.69, 9.17) is 9.47 Å². The minimum atomic E-state index is -0.230. The predicted octanol–water partition coefficient (Wildman–Crippen LogP) is 0.895. The second kappa shape index (κ2) is 5.95. The van der Waals surface area contributed by atoms with Crippen LogP contribution in [0.3, 0.4) is 0 Å². The molecule has 0 aliphatic heterocycles. The Morgan fingerprint density at radius 2 is 2.09 bits per heavy atom. The number of hydrogen-bond donors (Lipinski definition) is 1. The minimum absolute atomic E-state index is 0.230. The van der Waals surface area contributed by atoms with Gasteiger partial charge in [0.15, 0.2) is 6.29 Å². The summed E-state index contributed by atoms with van der Waals surface area (Å²) in [5, 5.41) is 2.97. The zero-order valence-corrected chi connectivity index (χ0v) is 7.09. The van der Waals surface area contributed by atoms with Crippen LogP contribution in [0.1, 0.15) is 0 Å². The monoisotopic (exact) mass is 157 g/mol. The lowest BCUT2D eigenvalue weighted by atomic mass is 10.4. The van der Waals surface area contributed by atoms with Gasteiger partial charge in [-0.05, 0) is 6.08 Å². The Kier molecular flexibility index (Phi) is 5.51. The van der Waals surface area contributed by atoms with Crippen LogP contribution >= 0.6 is 0 Å². The molecule has 0 saturated heterocycles. The molecule has 64 valence electrons. The molecule has 0 aliphatic rings. The lowest BCUT2D eigenvalue weighted by molar-refractivity contribution is -0.0974. The number of allylic oxidation sites excluding steroid dienone is 1. The SMILES string of the molecule is C=CC(=C)NCC(OC)OC. The van der Waals surface area contributed by atoms with Crippen LogP contribution in [0.5, 0.6) is 0 Å². The molecule has 0 heterocycles. The van der Waals surface area contributed by atoms with E-state index in [1.165, 1.54) is 0 Å². The highest BCUT2D eigenvalue weighted by Crippen LogP contribution is 1.90. The van der Waals surface area contributed by atoms with Gasteiger partial charge in [-0.15, -0.1) is 0 Å². The number of methoxy groups -OCH3 is 2. The van der Waals surface area contributed by atoms with Gasteiger partial charge in [-0.3, -0.25) is 0 Å². The first kappa shape index (κ1) is 10.2. The van der Waals surface area contributed by atoms with E-state index in [1.807, 2.05) is 0 Å². The van der Waals surface area contributed by atoms with E-state index in [2.05, 4.69) is 18.5 Å². The quantitative estimate of drug-likeness (QED) is 0.459. The van der Waals surface area contributed by atoms with Gasteiger partial charge in [0, 0.05) is 19.9 Å². The van der Waals surface area contributed by atoms with Gasteiger partial charge < -0.3 is 14.8 Å². The van der Waals surface area contributed by atoms with Crippen molar-refractivity contribution >= 4 is 0 Å². The molecule has 0 bridgehead atoms. The third kappa shape index (κ3) is 4.58. The van der Waals surface area contributed by atoms with Crippen LogP contribution < -0.4 is 5.32 Å². The smallest absolute Gasteiger partial charge is 0.173 e. The van der Waals surface area contributed by atoms with E-state index < -0.39 is 0 Å².